The maximum absolute atomic E-state index is 16.4. The summed E-state index contributed by atoms with van der Waals surface area (Å²) in [5, 5.41) is 11.1. The van der Waals surface area contributed by atoms with E-state index in [1.807, 2.05) is 0 Å². The lowest BCUT2D eigenvalue weighted by atomic mass is 9.75. The molecule has 0 unspecified atom stereocenters. The molecule has 0 spiro atoms. The van der Waals surface area contributed by atoms with Gasteiger partial charge < -0.3 is 29.0 Å². The van der Waals surface area contributed by atoms with Gasteiger partial charge in [0.2, 0.25) is 0 Å². The third-order valence-corrected chi connectivity index (χ3v) is 8.68. The third kappa shape index (κ3) is 6.37. The number of amides is 1. The quantitative estimate of drug-likeness (QED) is 0.351. The highest BCUT2D eigenvalue weighted by Crippen LogP contribution is 2.42. The van der Waals surface area contributed by atoms with E-state index in [0.29, 0.717) is 12.1 Å². The van der Waals surface area contributed by atoms with Gasteiger partial charge in [-0.05, 0) is 84.5 Å². The summed E-state index contributed by atoms with van der Waals surface area (Å²) < 4.78 is 98.4. The number of carbonyl (C=O) groups is 2. The van der Waals surface area contributed by atoms with Crippen LogP contribution in [0.2, 0.25) is 0 Å². The molecule has 15 heteroatoms. The van der Waals surface area contributed by atoms with E-state index in [4.69, 9.17) is 23.7 Å². The average Bonchev–Trinajstić information content (AvgIpc) is 3.25. The summed E-state index contributed by atoms with van der Waals surface area (Å²) in [4.78, 5) is 23.9. The van der Waals surface area contributed by atoms with E-state index in [9.17, 15) is 22.8 Å². The van der Waals surface area contributed by atoms with Crippen LogP contribution in [0.4, 0.5) is 22.0 Å². The van der Waals surface area contributed by atoms with Crippen molar-refractivity contribution in [2.45, 2.75) is 89.9 Å². The van der Waals surface area contributed by atoms with Crippen molar-refractivity contribution in [1.29, 1.82) is 0 Å². The van der Waals surface area contributed by atoms with E-state index < -0.39 is 83.9 Å². The van der Waals surface area contributed by atoms with Crippen LogP contribution in [-0.2, 0) is 35.5 Å². The summed E-state index contributed by atoms with van der Waals surface area (Å²) in [5.41, 5.74) is -7.55. The van der Waals surface area contributed by atoms with Crippen LogP contribution in [-0.4, -0.2) is 60.2 Å². The van der Waals surface area contributed by atoms with Gasteiger partial charge in [-0.15, -0.1) is 0 Å². The summed E-state index contributed by atoms with van der Waals surface area (Å²) in [6, 6.07) is 4.91. The molecule has 0 aromatic heterocycles. The standard InChI is InChI=1S/C29H34B2F5NO7/c1-24(2)25(3,4)42-30(41-24)20-10-16(23(40)37-15-22(38)39)9-17(12-20)28(32,33)18-11-19(29(34,35)36)14-21(13-18)31-43-26(5,6)27(7,8)44-31/h9-14H,15H2,1-8H3,(H,37,40)(H,38,39). The Morgan fingerprint density at radius 3 is 1.48 bits per heavy atom. The van der Waals surface area contributed by atoms with Crippen LogP contribution in [0.15, 0.2) is 36.4 Å². The molecule has 2 aliphatic rings. The number of benzene rings is 2. The molecule has 4 rings (SSSR count). The summed E-state index contributed by atoms with van der Waals surface area (Å²) in [6.07, 6.45) is -4.99. The second kappa shape index (κ2) is 10.8. The molecule has 2 N–H and O–H groups in total. The van der Waals surface area contributed by atoms with Crippen molar-refractivity contribution in [2.75, 3.05) is 6.54 Å². The van der Waals surface area contributed by atoms with E-state index >= 15 is 8.78 Å². The number of aliphatic carboxylic acids is 1. The van der Waals surface area contributed by atoms with Gasteiger partial charge in [-0.25, -0.2) is 0 Å². The van der Waals surface area contributed by atoms with E-state index in [0.717, 1.165) is 18.2 Å². The fourth-order valence-electron chi connectivity index (χ4n) is 4.62. The molecule has 238 valence electrons. The zero-order valence-electron chi connectivity index (χ0n) is 25.6. The summed E-state index contributed by atoms with van der Waals surface area (Å²) in [5.74, 6) is -6.46. The van der Waals surface area contributed by atoms with Crippen molar-refractivity contribution in [2.24, 2.45) is 0 Å². The Labute approximate surface area is 252 Å². The second-order valence-electron chi connectivity index (χ2n) is 13.0. The SMILES string of the molecule is CC1(C)OB(c2cc(C(=O)NCC(=O)O)cc(C(F)(F)c3cc(B4OC(C)(C)C(C)(C)O4)cc(C(F)(F)F)c3)c2)OC1(C)C. The van der Waals surface area contributed by atoms with Crippen molar-refractivity contribution >= 4 is 37.0 Å². The second-order valence-corrected chi connectivity index (χ2v) is 13.0. The molecule has 0 atom stereocenters. The number of carboxylic acid groups (broad SMARTS) is 1. The van der Waals surface area contributed by atoms with E-state index in [1.165, 1.54) is 6.07 Å². The van der Waals surface area contributed by atoms with Crippen LogP contribution in [0.1, 0.15) is 82.4 Å². The highest BCUT2D eigenvalue weighted by Gasteiger charge is 2.54. The Bertz CT molecular complexity index is 1440. The number of alkyl halides is 5. The average molecular weight is 625 g/mol. The van der Waals surface area contributed by atoms with Gasteiger partial charge in [0, 0.05) is 16.7 Å². The minimum atomic E-state index is -4.99. The van der Waals surface area contributed by atoms with Crippen molar-refractivity contribution < 1.29 is 55.3 Å². The maximum Gasteiger partial charge on any atom is 0.494 e. The van der Waals surface area contributed by atoms with Crippen LogP contribution < -0.4 is 16.2 Å². The molecule has 2 aliphatic heterocycles. The first-order valence-electron chi connectivity index (χ1n) is 13.8. The van der Waals surface area contributed by atoms with Crippen molar-refractivity contribution in [3.8, 4) is 0 Å². The summed E-state index contributed by atoms with van der Waals surface area (Å²) in [7, 11) is -2.59. The van der Waals surface area contributed by atoms with Gasteiger partial charge in [0.15, 0.2) is 0 Å². The zero-order chi connectivity index (χ0) is 33.3. The normalized spacial score (nSPS) is 20.6. The Balaban J connectivity index is 1.86. The zero-order valence-corrected chi connectivity index (χ0v) is 25.6. The number of carbonyl (C=O) groups excluding carboxylic acids is 1. The summed E-state index contributed by atoms with van der Waals surface area (Å²) in [6.45, 7) is 12.8. The van der Waals surface area contributed by atoms with Gasteiger partial charge in [-0.3, -0.25) is 9.59 Å². The molecule has 2 aromatic rings. The number of halogens is 5. The number of carboxylic acids is 1. The van der Waals surface area contributed by atoms with Gasteiger partial charge in [-0.2, -0.15) is 22.0 Å². The van der Waals surface area contributed by atoms with Crippen molar-refractivity contribution in [3.63, 3.8) is 0 Å². The van der Waals surface area contributed by atoms with Crippen LogP contribution in [0.25, 0.3) is 0 Å². The molecule has 0 saturated carbocycles. The number of hydrogen-bond donors (Lipinski definition) is 2. The minimum Gasteiger partial charge on any atom is -0.480 e. The van der Waals surface area contributed by atoms with E-state index in [2.05, 4.69) is 5.32 Å². The fraction of sp³-hybridized carbons (Fsp3) is 0.517. The highest BCUT2D eigenvalue weighted by atomic mass is 19.4. The molecule has 2 saturated heterocycles. The molecule has 2 aromatic carbocycles. The van der Waals surface area contributed by atoms with Gasteiger partial charge in [0.05, 0.1) is 28.0 Å². The van der Waals surface area contributed by atoms with Gasteiger partial charge in [-0.1, -0.05) is 18.2 Å². The highest BCUT2D eigenvalue weighted by molar-refractivity contribution is 6.62. The molecular formula is C29H34B2F5NO7. The van der Waals surface area contributed by atoms with E-state index in [1.54, 1.807) is 55.4 Å². The predicted octanol–water partition coefficient (Wildman–Crippen LogP) is 4.26. The predicted molar refractivity (Wildman–Crippen MR) is 152 cm³/mol. The lowest BCUT2D eigenvalue weighted by Gasteiger charge is -2.32. The topological polar surface area (TPSA) is 103 Å². The Morgan fingerprint density at radius 1 is 0.682 bits per heavy atom. The number of hydrogen-bond acceptors (Lipinski definition) is 6. The maximum atomic E-state index is 16.4. The van der Waals surface area contributed by atoms with Gasteiger partial charge in [0.1, 0.15) is 6.54 Å². The molecule has 0 radical (unpaired) electrons. The fourth-order valence-corrected chi connectivity index (χ4v) is 4.62. The number of rotatable bonds is 7. The van der Waals surface area contributed by atoms with Crippen LogP contribution in [0.5, 0.6) is 0 Å². The van der Waals surface area contributed by atoms with Crippen LogP contribution in [0.3, 0.4) is 0 Å². The lowest BCUT2D eigenvalue weighted by molar-refractivity contribution is -0.138. The monoisotopic (exact) mass is 625 g/mol. The molecule has 8 nitrogen and oxygen atoms in total. The molecule has 2 fully saturated rings. The Morgan fingerprint density at radius 2 is 1.07 bits per heavy atom. The first kappa shape index (κ1) is 33.9. The third-order valence-electron chi connectivity index (χ3n) is 8.68. The molecular weight excluding hydrogens is 591 g/mol. The van der Waals surface area contributed by atoms with Gasteiger partial charge >= 0.3 is 26.4 Å². The molecule has 1 amide bonds. The molecule has 0 bridgehead atoms. The Hall–Kier alpha value is -3.00. The first-order valence-corrected chi connectivity index (χ1v) is 13.8. The smallest absolute Gasteiger partial charge is 0.480 e. The van der Waals surface area contributed by atoms with Crippen LogP contribution in [0, 0.1) is 0 Å². The minimum absolute atomic E-state index is 0.0144. The lowest BCUT2D eigenvalue weighted by Crippen LogP contribution is -2.41. The van der Waals surface area contributed by atoms with Crippen molar-refractivity contribution in [1.82, 2.24) is 5.32 Å². The van der Waals surface area contributed by atoms with Crippen molar-refractivity contribution in [3.05, 3.63) is 58.7 Å². The van der Waals surface area contributed by atoms with Gasteiger partial charge in [0.25, 0.3) is 11.8 Å². The number of nitrogens with one attached hydrogen (secondary N) is 1. The molecule has 44 heavy (non-hydrogen) atoms. The largest absolute Gasteiger partial charge is 0.494 e. The first-order chi connectivity index (χ1) is 19.9. The Kier molecular flexibility index (Phi) is 8.33. The summed E-state index contributed by atoms with van der Waals surface area (Å²) >= 11 is 0. The molecule has 0 aliphatic carbocycles. The molecule has 2 heterocycles. The van der Waals surface area contributed by atoms with E-state index in [-0.39, 0.29) is 16.5 Å². The van der Waals surface area contributed by atoms with Crippen LogP contribution >= 0.6 is 0 Å².